The van der Waals surface area contributed by atoms with Gasteiger partial charge in [-0.3, -0.25) is 23.2 Å². The van der Waals surface area contributed by atoms with Gasteiger partial charge >= 0.3 is 19.8 Å². The summed E-state index contributed by atoms with van der Waals surface area (Å²) < 4.78 is 39.8. The summed E-state index contributed by atoms with van der Waals surface area (Å²) in [6.07, 6.45) is 27.3. The molecule has 0 aromatic carbocycles. The lowest BCUT2D eigenvalue weighted by atomic mass is 10.0. The minimum absolute atomic E-state index is 0.164. The minimum atomic E-state index is -4.47. The van der Waals surface area contributed by atoms with Crippen molar-refractivity contribution in [3.8, 4) is 0 Å². The van der Waals surface area contributed by atoms with Crippen molar-refractivity contribution in [3.63, 3.8) is 0 Å². The van der Waals surface area contributed by atoms with Gasteiger partial charge in [0.25, 0.3) is 0 Å². The molecule has 0 bridgehead atoms. The Balaban J connectivity index is 4.73. The summed E-state index contributed by atoms with van der Waals surface area (Å²) in [5.41, 5.74) is 0. The zero-order valence-electron chi connectivity index (χ0n) is 34.3. The van der Waals surface area contributed by atoms with E-state index in [1.165, 1.54) is 116 Å². The third kappa shape index (κ3) is 35.3. The summed E-state index contributed by atoms with van der Waals surface area (Å²) in [7, 11) is -4.47. The fourth-order valence-corrected chi connectivity index (χ4v) is 7.22. The molecule has 0 aromatic rings. The summed E-state index contributed by atoms with van der Waals surface area (Å²) in [4.78, 5) is 25.3. The van der Waals surface area contributed by atoms with Gasteiger partial charge in [-0.2, -0.15) is 0 Å². The highest BCUT2D eigenvalue weighted by atomic mass is 31.2. The Morgan fingerprint density at radius 3 is 1.13 bits per heavy atom. The number of ether oxygens (including phenoxy) is 2. The van der Waals surface area contributed by atoms with Crippen LogP contribution in [0.1, 0.15) is 194 Å². The molecule has 0 aliphatic carbocycles. The van der Waals surface area contributed by atoms with Crippen LogP contribution in [0.2, 0.25) is 0 Å². The van der Waals surface area contributed by atoms with Crippen molar-refractivity contribution >= 4 is 19.8 Å². The van der Waals surface area contributed by atoms with E-state index in [9.17, 15) is 24.4 Å². The first-order valence-corrected chi connectivity index (χ1v) is 23.1. The lowest BCUT2D eigenvalue weighted by molar-refractivity contribution is -0.161. The summed E-state index contributed by atoms with van der Waals surface area (Å²) in [6.45, 7) is 1.04. The number of carbonyl (C=O) groups excluding carboxylic acids is 2. The minimum Gasteiger partial charge on any atom is -0.462 e. The summed E-state index contributed by atoms with van der Waals surface area (Å²) in [6, 6.07) is 0. The van der Waals surface area contributed by atoms with Gasteiger partial charge in [0.2, 0.25) is 0 Å². The third-order valence-electron chi connectivity index (χ3n) is 9.39. The Hall–Kier alpha value is -1.11. The van der Waals surface area contributed by atoms with Gasteiger partial charge in [0.15, 0.2) is 6.10 Å². The Morgan fingerprint density at radius 2 is 0.778 bits per heavy atom. The second-order valence-electron chi connectivity index (χ2n) is 14.8. The van der Waals surface area contributed by atoms with Crippen LogP contribution in [0.25, 0.3) is 0 Å². The molecule has 3 unspecified atom stereocenters. The zero-order chi connectivity index (χ0) is 40.0. The number of aliphatic hydroxyl groups is 4. The average molecular weight is 797 g/mol. The number of rotatable bonds is 42. The number of aliphatic hydroxyl groups excluding tert-OH is 4. The number of carbonyl (C=O) groups is 2. The maximum atomic E-state index is 13.2. The molecule has 4 N–H and O–H groups in total. The predicted molar refractivity (Wildman–Crippen MR) is 213 cm³/mol. The smallest absolute Gasteiger partial charge is 0.462 e. The van der Waals surface area contributed by atoms with E-state index in [0.717, 1.165) is 38.5 Å². The number of unbranched alkanes of at least 4 members (excludes halogenated alkanes) is 24. The van der Waals surface area contributed by atoms with E-state index < -0.39 is 71.1 Å². The fourth-order valence-electron chi connectivity index (χ4n) is 5.94. The van der Waals surface area contributed by atoms with Crippen molar-refractivity contribution in [2.24, 2.45) is 0 Å². The monoisotopic (exact) mass is 797 g/mol. The van der Waals surface area contributed by atoms with Crippen LogP contribution in [0, 0.1) is 0 Å². The van der Waals surface area contributed by atoms with Crippen LogP contribution < -0.4 is 0 Å². The lowest BCUT2D eigenvalue weighted by Gasteiger charge is -2.23. The molecule has 0 heterocycles. The summed E-state index contributed by atoms with van der Waals surface area (Å²) >= 11 is 0. The first kappa shape index (κ1) is 52.9. The van der Waals surface area contributed by atoms with Crippen molar-refractivity contribution < 1.29 is 57.6 Å². The first-order chi connectivity index (χ1) is 26.2. The zero-order valence-corrected chi connectivity index (χ0v) is 35.2. The summed E-state index contributed by atoms with van der Waals surface area (Å²) in [5, 5.41) is 37.6. The van der Waals surface area contributed by atoms with E-state index in [0.29, 0.717) is 12.8 Å². The van der Waals surface area contributed by atoms with Crippen LogP contribution in [0.5, 0.6) is 0 Å². The van der Waals surface area contributed by atoms with Gasteiger partial charge in [-0.05, 0) is 12.8 Å². The van der Waals surface area contributed by atoms with Crippen LogP contribution in [0.3, 0.4) is 0 Å². The SMILES string of the molecule is CCCCCCCCCCCCCCCC(=O)OCC(COP(=O)(OCC(O)CO)OCC(O)CO)OC(=O)CCCCCCCCCCCCCCC. The highest BCUT2D eigenvalue weighted by Gasteiger charge is 2.31. The highest BCUT2D eigenvalue weighted by Crippen LogP contribution is 2.49. The van der Waals surface area contributed by atoms with Crippen LogP contribution in [0.15, 0.2) is 0 Å². The molecule has 0 fully saturated rings. The van der Waals surface area contributed by atoms with Crippen LogP contribution in [-0.2, 0) is 37.2 Å². The molecule has 0 saturated carbocycles. The van der Waals surface area contributed by atoms with E-state index in [1.54, 1.807) is 0 Å². The molecule has 3 atom stereocenters. The molecular weight excluding hydrogens is 715 g/mol. The standard InChI is InChI=1S/C41H81O12P/c1-3-5-7-9-11-13-15-17-19-21-23-25-27-29-40(46)49-35-39(36-52-54(48,50-33-37(44)31-42)51-34-38(45)32-43)53-41(47)30-28-26-24-22-20-18-16-14-12-10-8-6-4-2/h37-39,42-45H,3-36H2,1-2H3. The molecular formula is C41H81O12P. The van der Waals surface area contributed by atoms with Gasteiger partial charge in [0, 0.05) is 12.8 Å². The van der Waals surface area contributed by atoms with Gasteiger partial charge in [-0.1, -0.05) is 168 Å². The summed E-state index contributed by atoms with van der Waals surface area (Å²) in [5.74, 6) is -0.953. The second-order valence-corrected chi connectivity index (χ2v) is 16.5. The molecule has 0 saturated heterocycles. The number of hydrogen-bond acceptors (Lipinski definition) is 12. The average Bonchev–Trinajstić information content (AvgIpc) is 3.17. The molecule has 0 aliphatic rings. The molecule has 54 heavy (non-hydrogen) atoms. The molecule has 0 amide bonds. The van der Waals surface area contributed by atoms with E-state index >= 15 is 0 Å². The molecule has 0 rings (SSSR count). The maximum absolute atomic E-state index is 13.2. The largest absolute Gasteiger partial charge is 0.475 e. The van der Waals surface area contributed by atoms with Crippen molar-refractivity contribution in [3.05, 3.63) is 0 Å². The van der Waals surface area contributed by atoms with Crippen molar-refractivity contribution in [1.82, 2.24) is 0 Å². The van der Waals surface area contributed by atoms with Crippen molar-refractivity contribution in [2.45, 2.75) is 212 Å². The lowest BCUT2D eigenvalue weighted by Crippen LogP contribution is -2.30. The van der Waals surface area contributed by atoms with Crippen LogP contribution in [0.4, 0.5) is 0 Å². The Kier molecular flexibility index (Phi) is 38.0. The molecule has 0 aliphatic heterocycles. The fraction of sp³-hybridized carbons (Fsp3) is 0.951. The molecule has 0 spiro atoms. The number of phosphoric acid groups is 1. The van der Waals surface area contributed by atoms with Crippen molar-refractivity contribution in [2.75, 3.05) is 39.6 Å². The number of phosphoric ester groups is 1. The van der Waals surface area contributed by atoms with Gasteiger partial charge in [0.1, 0.15) is 18.8 Å². The Bertz CT molecular complexity index is 874. The molecule has 12 nitrogen and oxygen atoms in total. The maximum Gasteiger partial charge on any atom is 0.475 e. The molecule has 0 radical (unpaired) electrons. The van der Waals surface area contributed by atoms with Gasteiger partial charge in [0.05, 0.1) is 33.0 Å². The topological polar surface area (TPSA) is 178 Å². The van der Waals surface area contributed by atoms with E-state index in [-0.39, 0.29) is 19.4 Å². The first-order valence-electron chi connectivity index (χ1n) is 21.7. The number of esters is 2. The highest BCUT2D eigenvalue weighted by molar-refractivity contribution is 7.48. The van der Waals surface area contributed by atoms with E-state index in [4.69, 9.17) is 33.3 Å². The third-order valence-corrected chi connectivity index (χ3v) is 10.8. The molecule has 0 aromatic heterocycles. The van der Waals surface area contributed by atoms with E-state index in [2.05, 4.69) is 13.8 Å². The molecule has 13 heteroatoms. The van der Waals surface area contributed by atoms with Crippen molar-refractivity contribution in [1.29, 1.82) is 0 Å². The van der Waals surface area contributed by atoms with Gasteiger partial charge < -0.3 is 29.9 Å². The van der Waals surface area contributed by atoms with Crippen LogP contribution in [-0.4, -0.2) is 90.3 Å². The number of hydrogen-bond donors (Lipinski definition) is 4. The van der Waals surface area contributed by atoms with E-state index in [1.807, 2.05) is 0 Å². The Morgan fingerprint density at radius 1 is 0.463 bits per heavy atom. The normalized spacial score (nSPS) is 14.4. The molecule has 322 valence electrons. The second kappa shape index (κ2) is 38.7. The van der Waals surface area contributed by atoms with Gasteiger partial charge in [-0.25, -0.2) is 4.57 Å². The quantitative estimate of drug-likeness (QED) is 0.0262. The van der Waals surface area contributed by atoms with Crippen LogP contribution >= 0.6 is 7.82 Å². The Labute approximate surface area is 328 Å². The predicted octanol–water partition coefficient (Wildman–Crippen LogP) is 9.27. The van der Waals surface area contributed by atoms with Gasteiger partial charge in [-0.15, -0.1) is 0 Å².